The van der Waals surface area contributed by atoms with E-state index in [9.17, 15) is 9.59 Å². The summed E-state index contributed by atoms with van der Waals surface area (Å²) in [4.78, 5) is 31.1. The van der Waals surface area contributed by atoms with Gasteiger partial charge in [0.05, 0.1) is 5.39 Å². The summed E-state index contributed by atoms with van der Waals surface area (Å²) in [6, 6.07) is 2.18. The molecule has 0 radical (unpaired) electrons. The molecule has 0 spiro atoms. The zero-order chi connectivity index (χ0) is 20.8. The average molecular weight is 401 g/mol. The number of carbonyl (C=O) groups is 1. The fourth-order valence-corrected chi connectivity index (χ4v) is 4.34. The summed E-state index contributed by atoms with van der Waals surface area (Å²) in [5, 5.41) is 4.24. The SMILES string of the molecule is CC(N)=O.Nc1cc(=O)n(C2CCCCC2)c2nc(NC3CCCCC3)ncc12. The van der Waals surface area contributed by atoms with Gasteiger partial charge in [-0.25, -0.2) is 4.98 Å². The molecule has 2 aliphatic carbocycles. The van der Waals surface area contributed by atoms with Crippen molar-refractivity contribution in [3.05, 3.63) is 22.6 Å². The molecule has 4 rings (SSSR count). The highest BCUT2D eigenvalue weighted by molar-refractivity contribution is 5.87. The number of hydrogen-bond donors (Lipinski definition) is 3. The van der Waals surface area contributed by atoms with Gasteiger partial charge in [-0.3, -0.25) is 14.2 Å². The second kappa shape index (κ2) is 9.71. The Morgan fingerprint density at radius 3 is 2.31 bits per heavy atom. The van der Waals surface area contributed by atoms with Gasteiger partial charge in [-0.1, -0.05) is 38.5 Å². The lowest BCUT2D eigenvalue weighted by Gasteiger charge is -2.26. The molecule has 2 heterocycles. The van der Waals surface area contributed by atoms with Gasteiger partial charge in [0.1, 0.15) is 0 Å². The van der Waals surface area contributed by atoms with E-state index in [1.165, 1.54) is 51.5 Å². The molecule has 0 atom stereocenters. The first-order valence-electron chi connectivity index (χ1n) is 10.7. The largest absolute Gasteiger partial charge is 0.398 e. The topological polar surface area (TPSA) is 129 Å². The highest BCUT2D eigenvalue weighted by Crippen LogP contribution is 2.30. The molecule has 5 N–H and O–H groups in total. The highest BCUT2D eigenvalue weighted by Gasteiger charge is 2.21. The van der Waals surface area contributed by atoms with Gasteiger partial charge < -0.3 is 16.8 Å². The molecule has 158 valence electrons. The average Bonchev–Trinajstić information content (AvgIpc) is 2.69. The number of anilines is 2. The molecule has 0 unspecified atom stereocenters. The minimum atomic E-state index is -0.333. The molecule has 2 aliphatic rings. The van der Waals surface area contributed by atoms with Crippen LogP contribution < -0.4 is 22.3 Å². The summed E-state index contributed by atoms with van der Waals surface area (Å²) in [6.07, 6.45) is 13.6. The van der Waals surface area contributed by atoms with Crippen LogP contribution in [-0.2, 0) is 4.79 Å². The number of amides is 1. The van der Waals surface area contributed by atoms with Crippen LogP contribution in [0.2, 0.25) is 0 Å². The van der Waals surface area contributed by atoms with Crippen LogP contribution in [-0.4, -0.2) is 26.5 Å². The number of pyridine rings is 1. The van der Waals surface area contributed by atoms with Crippen LogP contribution in [0.5, 0.6) is 0 Å². The number of primary amides is 1. The van der Waals surface area contributed by atoms with Crippen LogP contribution in [0.1, 0.15) is 77.2 Å². The molecule has 2 saturated carbocycles. The third-order valence-corrected chi connectivity index (χ3v) is 5.70. The Bertz CT molecular complexity index is 894. The zero-order valence-electron chi connectivity index (χ0n) is 17.2. The molecular formula is C21H32N6O2. The van der Waals surface area contributed by atoms with E-state index in [0.29, 0.717) is 23.3 Å². The number of nitrogens with zero attached hydrogens (tertiary/aromatic N) is 3. The van der Waals surface area contributed by atoms with Crippen molar-refractivity contribution in [2.45, 2.75) is 83.2 Å². The molecule has 8 nitrogen and oxygen atoms in total. The van der Waals surface area contributed by atoms with Crippen molar-refractivity contribution in [3.63, 3.8) is 0 Å². The first-order chi connectivity index (χ1) is 14.0. The second-order valence-electron chi connectivity index (χ2n) is 8.12. The van der Waals surface area contributed by atoms with E-state index in [4.69, 9.17) is 10.7 Å². The monoisotopic (exact) mass is 400 g/mol. The van der Waals surface area contributed by atoms with Gasteiger partial charge in [0, 0.05) is 37.0 Å². The lowest BCUT2D eigenvalue weighted by atomic mass is 9.95. The van der Waals surface area contributed by atoms with Gasteiger partial charge in [0.25, 0.3) is 5.56 Å². The van der Waals surface area contributed by atoms with Crippen LogP contribution in [0.3, 0.4) is 0 Å². The Morgan fingerprint density at radius 1 is 1.10 bits per heavy atom. The number of fused-ring (bicyclic) bond motifs is 1. The van der Waals surface area contributed by atoms with Crippen LogP contribution in [0, 0.1) is 0 Å². The van der Waals surface area contributed by atoms with E-state index < -0.39 is 0 Å². The summed E-state index contributed by atoms with van der Waals surface area (Å²) in [7, 11) is 0. The van der Waals surface area contributed by atoms with E-state index in [2.05, 4.69) is 16.0 Å². The lowest BCUT2D eigenvalue weighted by Crippen LogP contribution is -2.28. The Hall–Kier alpha value is -2.64. The lowest BCUT2D eigenvalue weighted by molar-refractivity contribution is -0.115. The third kappa shape index (κ3) is 5.46. The molecule has 0 aromatic carbocycles. The smallest absolute Gasteiger partial charge is 0.254 e. The first-order valence-corrected chi connectivity index (χ1v) is 10.7. The molecule has 1 amide bonds. The second-order valence-corrected chi connectivity index (χ2v) is 8.12. The molecule has 2 aromatic heterocycles. The molecule has 2 fully saturated rings. The van der Waals surface area contributed by atoms with E-state index in [1.54, 1.807) is 6.20 Å². The summed E-state index contributed by atoms with van der Waals surface area (Å²) < 4.78 is 1.86. The number of nitrogens with one attached hydrogen (secondary N) is 1. The van der Waals surface area contributed by atoms with E-state index in [-0.39, 0.29) is 17.5 Å². The van der Waals surface area contributed by atoms with E-state index >= 15 is 0 Å². The van der Waals surface area contributed by atoms with E-state index in [1.807, 2.05) is 4.57 Å². The van der Waals surface area contributed by atoms with Crippen LogP contribution in [0.15, 0.2) is 17.1 Å². The highest BCUT2D eigenvalue weighted by atomic mass is 16.1. The fraction of sp³-hybridized carbons (Fsp3) is 0.619. The number of aromatic nitrogens is 3. The molecule has 0 aliphatic heterocycles. The van der Waals surface area contributed by atoms with E-state index in [0.717, 1.165) is 31.1 Å². The zero-order valence-corrected chi connectivity index (χ0v) is 17.2. The quantitative estimate of drug-likeness (QED) is 0.726. The Kier molecular flexibility index (Phi) is 7.06. The van der Waals surface area contributed by atoms with Crippen molar-refractivity contribution in [1.82, 2.24) is 14.5 Å². The van der Waals surface area contributed by atoms with Crippen LogP contribution in [0.4, 0.5) is 11.6 Å². The number of hydrogen-bond acceptors (Lipinski definition) is 6. The molecule has 29 heavy (non-hydrogen) atoms. The Labute approximate surface area is 171 Å². The first kappa shape index (κ1) is 21.1. The molecule has 2 aromatic rings. The summed E-state index contributed by atoms with van der Waals surface area (Å²) >= 11 is 0. The van der Waals surface area contributed by atoms with Crippen LogP contribution in [0.25, 0.3) is 11.0 Å². The van der Waals surface area contributed by atoms with Crippen molar-refractivity contribution in [3.8, 4) is 0 Å². The predicted molar refractivity (Wildman–Crippen MR) is 116 cm³/mol. The number of rotatable bonds is 3. The van der Waals surface area contributed by atoms with Crippen molar-refractivity contribution in [1.29, 1.82) is 0 Å². The predicted octanol–water partition coefficient (Wildman–Crippen LogP) is 3.12. The van der Waals surface area contributed by atoms with Gasteiger partial charge in [-0.05, 0) is 25.7 Å². The van der Waals surface area contributed by atoms with Crippen molar-refractivity contribution < 1.29 is 4.79 Å². The Morgan fingerprint density at radius 2 is 1.69 bits per heavy atom. The standard InChI is InChI=1S/C19H27N5O.C2H5NO/c20-16-11-17(25)24(14-9-5-2-6-10-14)18-15(16)12-21-19(23-18)22-13-7-3-1-4-8-13;1-2(3)4/h11-14H,1-10,20H2,(H,21,22,23);1H3,(H2,3,4). The van der Waals surface area contributed by atoms with Gasteiger partial charge in [-0.15, -0.1) is 0 Å². The fourth-order valence-electron chi connectivity index (χ4n) is 4.34. The van der Waals surface area contributed by atoms with Crippen molar-refractivity contribution in [2.24, 2.45) is 5.73 Å². The minimum Gasteiger partial charge on any atom is -0.398 e. The van der Waals surface area contributed by atoms with Crippen molar-refractivity contribution >= 4 is 28.6 Å². The Balaban J connectivity index is 0.000000552. The van der Waals surface area contributed by atoms with Gasteiger partial charge in [0.2, 0.25) is 11.9 Å². The molecule has 8 heteroatoms. The summed E-state index contributed by atoms with van der Waals surface area (Å²) in [5.74, 6) is 0.286. The number of nitrogens with two attached hydrogens (primary N) is 2. The van der Waals surface area contributed by atoms with Crippen LogP contribution >= 0.6 is 0 Å². The molecule has 0 saturated heterocycles. The van der Waals surface area contributed by atoms with Gasteiger partial charge in [0.15, 0.2) is 5.65 Å². The maximum atomic E-state index is 12.7. The normalized spacial score (nSPS) is 18.1. The number of carbonyl (C=O) groups excluding carboxylic acids is 1. The van der Waals surface area contributed by atoms with Gasteiger partial charge >= 0.3 is 0 Å². The summed E-state index contributed by atoms with van der Waals surface area (Å²) in [6.45, 7) is 1.31. The maximum absolute atomic E-state index is 12.7. The summed E-state index contributed by atoms with van der Waals surface area (Å²) in [5.41, 5.74) is 11.7. The van der Waals surface area contributed by atoms with Gasteiger partial charge in [-0.2, -0.15) is 4.98 Å². The maximum Gasteiger partial charge on any atom is 0.254 e. The van der Waals surface area contributed by atoms with Crippen molar-refractivity contribution in [2.75, 3.05) is 11.1 Å². The minimum absolute atomic E-state index is 0.0424. The molecule has 0 bridgehead atoms. The number of nitrogen functional groups attached to an aromatic ring is 1. The third-order valence-electron chi connectivity index (χ3n) is 5.70. The molecular weight excluding hydrogens is 368 g/mol.